The Bertz CT molecular complexity index is 853. The minimum Gasteiger partial charge on any atom is -0.477 e. The van der Waals surface area contributed by atoms with Gasteiger partial charge in [-0.2, -0.15) is 0 Å². The highest BCUT2D eigenvalue weighted by molar-refractivity contribution is 6.07. The van der Waals surface area contributed by atoms with Gasteiger partial charge in [0.1, 0.15) is 5.75 Å². The first-order chi connectivity index (χ1) is 13.3. The Morgan fingerprint density at radius 1 is 1.11 bits per heavy atom. The van der Waals surface area contributed by atoms with Crippen molar-refractivity contribution in [2.24, 2.45) is 0 Å². The normalized spacial score (nSPS) is 16.1. The third-order valence-electron chi connectivity index (χ3n) is 4.86. The van der Waals surface area contributed by atoms with Crippen molar-refractivity contribution in [3.05, 3.63) is 59.7 Å². The van der Waals surface area contributed by atoms with E-state index in [0.29, 0.717) is 23.5 Å². The van der Waals surface area contributed by atoms with Crippen LogP contribution in [-0.2, 0) is 10.2 Å². The molecule has 1 heterocycles. The largest absolute Gasteiger partial charge is 0.477 e. The number of para-hydroxylation sites is 2. The summed E-state index contributed by atoms with van der Waals surface area (Å²) in [6.45, 7) is 9.19. The van der Waals surface area contributed by atoms with E-state index in [-0.39, 0.29) is 23.8 Å². The van der Waals surface area contributed by atoms with E-state index < -0.39 is 6.10 Å². The second kappa shape index (κ2) is 8.05. The van der Waals surface area contributed by atoms with Gasteiger partial charge in [0.15, 0.2) is 6.10 Å². The number of fused-ring (bicyclic) bond motifs is 1. The number of hydrogen-bond acceptors (Lipinski definition) is 3. The van der Waals surface area contributed by atoms with Gasteiger partial charge in [0.2, 0.25) is 0 Å². The van der Waals surface area contributed by atoms with E-state index in [1.165, 1.54) is 5.56 Å². The topological polar surface area (TPSA) is 58.6 Å². The average Bonchev–Trinajstić information content (AvgIpc) is 2.70. The van der Waals surface area contributed by atoms with E-state index in [0.717, 1.165) is 6.42 Å². The number of carbonyl (C=O) groups excluding carboxylic acids is 2. The molecule has 2 aromatic rings. The van der Waals surface area contributed by atoms with Gasteiger partial charge in [-0.25, -0.2) is 0 Å². The van der Waals surface area contributed by atoms with Gasteiger partial charge in [-0.05, 0) is 41.7 Å². The molecule has 0 fully saturated rings. The molecule has 3 rings (SSSR count). The molecule has 0 aromatic heterocycles. The highest BCUT2D eigenvalue weighted by Gasteiger charge is 2.34. The maximum atomic E-state index is 13.2. The number of amides is 2. The summed E-state index contributed by atoms with van der Waals surface area (Å²) in [4.78, 5) is 27.3. The van der Waals surface area contributed by atoms with Gasteiger partial charge in [-0.15, -0.1) is 0 Å². The van der Waals surface area contributed by atoms with Crippen LogP contribution in [0.1, 0.15) is 50.0 Å². The molecule has 0 saturated heterocycles. The second-order valence-electron chi connectivity index (χ2n) is 8.11. The van der Waals surface area contributed by atoms with Crippen molar-refractivity contribution in [3.63, 3.8) is 0 Å². The Kier molecular flexibility index (Phi) is 5.73. The second-order valence-corrected chi connectivity index (χ2v) is 8.11. The Hall–Kier alpha value is -2.82. The lowest BCUT2D eigenvalue weighted by atomic mass is 9.86. The molecule has 0 aliphatic carbocycles. The summed E-state index contributed by atoms with van der Waals surface area (Å²) < 4.78 is 5.86. The van der Waals surface area contributed by atoms with Gasteiger partial charge in [0, 0.05) is 12.1 Å². The lowest BCUT2D eigenvalue weighted by Crippen LogP contribution is -2.50. The molecule has 5 nitrogen and oxygen atoms in total. The fourth-order valence-electron chi connectivity index (χ4n) is 3.19. The molecular weight excluding hydrogens is 352 g/mol. The van der Waals surface area contributed by atoms with Crippen molar-refractivity contribution in [2.45, 2.75) is 45.6 Å². The molecule has 0 saturated carbocycles. The molecule has 5 heteroatoms. The van der Waals surface area contributed by atoms with E-state index in [2.05, 4.69) is 26.1 Å². The molecule has 2 amide bonds. The average molecular weight is 380 g/mol. The smallest absolute Gasteiger partial charge is 0.262 e. The molecule has 2 aromatic carbocycles. The molecule has 0 spiro atoms. The van der Waals surface area contributed by atoms with Crippen LogP contribution >= 0.6 is 0 Å². The van der Waals surface area contributed by atoms with Crippen LogP contribution in [0.15, 0.2) is 48.5 Å². The minimum atomic E-state index is -0.723. The van der Waals surface area contributed by atoms with Gasteiger partial charge >= 0.3 is 0 Å². The number of carbonyl (C=O) groups is 2. The lowest BCUT2D eigenvalue weighted by Gasteiger charge is -2.34. The number of ether oxygens (including phenoxy) is 1. The van der Waals surface area contributed by atoms with Crippen LogP contribution in [0.25, 0.3) is 0 Å². The number of nitrogens with one attached hydrogen (secondary N) is 1. The first kappa shape index (κ1) is 19.9. The summed E-state index contributed by atoms with van der Waals surface area (Å²) in [6.07, 6.45) is 0.122. The van der Waals surface area contributed by atoms with Crippen molar-refractivity contribution >= 4 is 17.5 Å². The van der Waals surface area contributed by atoms with Crippen LogP contribution in [0.4, 0.5) is 5.69 Å². The van der Waals surface area contributed by atoms with Gasteiger partial charge in [0.05, 0.1) is 12.2 Å². The summed E-state index contributed by atoms with van der Waals surface area (Å²) in [6, 6.07) is 15.0. The lowest BCUT2D eigenvalue weighted by molar-refractivity contribution is -0.127. The Morgan fingerprint density at radius 2 is 1.79 bits per heavy atom. The predicted molar refractivity (Wildman–Crippen MR) is 111 cm³/mol. The Labute approximate surface area is 166 Å². The SMILES string of the molecule is CCCNC(=O)[C@@H]1CN(C(=O)c2ccc(C(C)(C)C)cc2)c2ccccc2O1. The van der Waals surface area contributed by atoms with Crippen molar-refractivity contribution in [3.8, 4) is 5.75 Å². The number of hydrogen-bond donors (Lipinski definition) is 1. The number of anilines is 1. The third-order valence-corrected chi connectivity index (χ3v) is 4.86. The number of benzene rings is 2. The summed E-state index contributed by atoms with van der Waals surface area (Å²) in [7, 11) is 0. The molecule has 1 aliphatic heterocycles. The first-order valence-corrected chi connectivity index (χ1v) is 9.77. The van der Waals surface area contributed by atoms with Crippen molar-refractivity contribution < 1.29 is 14.3 Å². The van der Waals surface area contributed by atoms with Crippen LogP contribution in [0.5, 0.6) is 5.75 Å². The molecular formula is C23H28N2O3. The maximum absolute atomic E-state index is 13.2. The molecule has 1 atom stereocenters. The van der Waals surface area contributed by atoms with Gasteiger partial charge < -0.3 is 15.0 Å². The van der Waals surface area contributed by atoms with E-state index in [1.54, 1.807) is 11.0 Å². The predicted octanol–water partition coefficient (Wildman–Crippen LogP) is 3.92. The Balaban J connectivity index is 1.88. The van der Waals surface area contributed by atoms with Gasteiger partial charge in [0.25, 0.3) is 11.8 Å². The summed E-state index contributed by atoms with van der Waals surface area (Å²) >= 11 is 0. The van der Waals surface area contributed by atoms with Crippen molar-refractivity contribution in [1.82, 2.24) is 5.32 Å². The van der Waals surface area contributed by atoms with E-state index in [4.69, 9.17) is 4.74 Å². The van der Waals surface area contributed by atoms with Crippen molar-refractivity contribution in [2.75, 3.05) is 18.0 Å². The fraction of sp³-hybridized carbons (Fsp3) is 0.391. The molecule has 1 aliphatic rings. The third kappa shape index (κ3) is 4.19. The summed E-state index contributed by atoms with van der Waals surface area (Å²) in [5.74, 6) is 0.215. The molecule has 0 radical (unpaired) electrons. The fourth-order valence-corrected chi connectivity index (χ4v) is 3.19. The van der Waals surface area contributed by atoms with E-state index in [1.807, 2.05) is 49.4 Å². The maximum Gasteiger partial charge on any atom is 0.262 e. The highest BCUT2D eigenvalue weighted by Crippen LogP contribution is 2.34. The zero-order valence-electron chi connectivity index (χ0n) is 17.0. The van der Waals surface area contributed by atoms with Crippen LogP contribution in [-0.4, -0.2) is 31.0 Å². The van der Waals surface area contributed by atoms with Crippen LogP contribution in [0, 0.1) is 0 Å². The van der Waals surface area contributed by atoms with Crippen LogP contribution in [0.2, 0.25) is 0 Å². The number of rotatable bonds is 4. The highest BCUT2D eigenvalue weighted by atomic mass is 16.5. The van der Waals surface area contributed by atoms with Crippen molar-refractivity contribution in [1.29, 1.82) is 0 Å². The summed E-state index contributed by atoms with van der Waals surface area (Å²) in [5, 5.41) is 2.85. The van der Waals surface area contributed by atoms with Crippen LogP contribution < -0.4 is 15.0 Å². The Morgan fingerprint density at radius 3 is 2.43 bits per heavy atom. The molecule has 0 bridgehead atoms. The monoisotopic (exact) mass is 380 g/mol. The molecule has 1 N–H and O–H groups in total. The van der Waals surface area contributed by atoms with E-state index in [9.17, 15) is 9.59 Å². The quantitative estimate of drug-likeness (QED) is 0.875. The molecule has 148 valence electrons. The standard InChI is InChI=1S/C23H28N2O3/c1-5-14-24-21(26)20-15-25(18-8-6-7-9-19(18)28-20)22(27)16-10-12-17(13-11-16)23(2,3)4/h6-13,20H,5,14-15H2,1-4H3,(H,24,26)/t20-/m0/s1. The zero-order valence-corrected chi connectivity index (χ0v) is 17.0. The van der Waals surface area contributed by atoms with Gasteiger partial charge in [-0.1, -0.05) is 52.0 Å². The zero-order chi connectivity index (χ0) is 20.3. The molecule has 28 heavy (non-hydrogen) atoms. The molecule has 0 unspecified atom stereocenters. The van der Waals surface area contributed by atoms with E-state index >= 15 is 0 Å². The minimum absolute atomic E-state index is 0.0234. The van der Waals surface area contributed by atoms with Crippen LogP contribution in [0.3, 0.4) is 0 Å². The number of nitrogens with zero attached hydrogens (tertiary/aromatic N) is 1. The first-order valence-electron chi connectivity index (χ1n) is 9.77. The van der Waals surface area contributed by atoms with Gasteiger partial charge in [-0.3, -0.25) is 9.59 Å². The summed E-state index contributed by atoms with van der Waals surface area (Å²) in [5.41, 5.74) is 2.47.